The van der Waals surface area contributed by atoms with Crippen LogP contribution < -0.4 is 5.32 Å². The molecule has 2 N–H and O–H groups in total. The second-order valence-corrected chi connectivity index (χ2v) is 6.38. The number of nitrogens with one attached hydrogen (secondary N) is 1. The Labute approximate surface area is 123 Å². The van der Waals surface area contributed by atoms with E-state index in [-0.39, 0.29) is 17.2 Å². The summed E-state index contributed by atoms with van der Waals surface area (Å²) in [7, 11) is 1.23. The van der Waals surface area contributed by atoms with Gasteiger partial charge in [0.25, 0.3) is 0 Å². The highest BCUT2D eigenvalue weighted by Gasteiger charge is 2.56. The summed E-state index contributed by atoms with van der Waals surface area (Å²) in [6.45, 7) is 4.07. The molecule has 21 heavy (non-hydrogen) atoms. The van der Waals surface area contributed by atoms with Gasteiger partial charge in [0.05, 0.1) is 7.11 Å². The second kappa shape index (κ2) is 5.54. The first-order chi connectivity index (χ1) is 9.79. The van der Waals surface area contributed by atoms with E-state index in [0.29, 0.717) is 13.0 Å². The van der Waals surface area contributed by atoms with Crippen molar-refractivity contribution >= 4 is 18.0 Å². The first-order valence-electron chi connectivity index (χ1n) is 7.17. The van der Waals surface area contributed by atoms with Gasteiger partial charge in [0.2, 0.25) is 5.91 Å². The van der Waals surface area contributed by atoms with Gasteiger partial charge in [-0.1, -0.05) is 13.8 Å². The van der Waals surface area contributed by atoms with Crippen LogP contribution in [0.5, 0.6) is 0 Å². The topological polar surface area (TPSA) is 95.9 Å². The Morgan fingerprint density at radius 2 is 1.95 bits per heavy atom. The summed E-state index contributed by atoms with van der Waals surface area (Å²) in [5.74, 6) is -1.47. The fourth-order valence-electron chi connectivity index (χ4n) is 2.93. The summed E-state index contributed by atoms with van der Waals surface area (Å²) in [4.78, 5) is 36.9. The van der Waals surface area contributed by atoms with Crippen molar-refractivity contribution in [2.45, 2.75) is 45.2 Å². The molecule has 0 radical (unpaired) electrons. The van der Waals surface area contributed by atoms with Crippen LogP contribution in [0.25, 0.3) is 0 Å². The van der Waals surface area contributed by atoms with Gasteiger partial charge in [0, 0.05) is 6.54 Å². The number of carboxylic acid groups (broad SMARTS) is 1. The van der Waals surface area contributed by atoms with Gasteiger partial charge in [0.1, 0.15) is 12.1 Å². The van der Waals surface area contributed by atoms with Crippen molar-refractivity contribution in [3.8, 4) is 0 Å². The van der Waals surface area contributed by atoms with E-state index in [1.54, 1.807) is 13.8 Å². The predicted octanol–water partition coefficient (Wildman–Crippen LogP) is 0.833. The SMILES string of the molecule is COC(=O)N[C@H](C(=O)N1CC2(CC2)C[C@H]1C(=O)O)C(C)C. The zero-order chi connectivity index (χ0) is 15.8. The third-order valence-corrected chi connectivity index (χ3v) is 4.43. The van der Waals surface area contributed by atoms with E-state index in [1.165, 1.54) is 12.0 Å². The van der Waals surface area contributed by atoms with Crippen LogP contribution in [-0.4, -0.2) is 53.7 Å². The number of amides is 2. The Kier molecular flexibility index (Phi) is 4.11. The fourth-order valence-corrected chi connectivity index (χ4v) is 2.93. The van der Waals surface area contributed by atoms with Gasteiger partial charge >= 0.3 is 12.1 Å². The number of hydrogen-bond donors (Lipinski definition) is 2. The molecule has 1 heterocycles. The Hall–Kier alpha value is -1.79. The van der Waals surface area contributed by atoms with Crippen molar-refractivity contribution in [1.82, 2.24) is 10.2 Å². The van der Waals surface area contributed by atoms with E-state index in [9.17, 15) is 19.5 Å². The lowest BCUT2D eigenvalue weighted by molar-refractivity contribution is -0.149. The Morgan fingerprint density at radius 3 is 2.38 bits per heavy atom. The highest BCUT2D eigenvalue weighted by Crippen LogP contribution is 2.54. The molecule has 2 rings (SSSR count). The summed E-state index contributed by atoms with van der Waals surface area (Å²) in [6, 6.07) is -1.56. The summed E-state index contributed by atoms with van der Waals surface area (Å²) < 4.78 is 4.53. The number of ether oxygens (including phenoxy) is 1. The molecule has 0 aromatic carbocycles. The number of carbonyl (C=O) groups is 3. The first kappa shape index (κ1) is 15.6. The molecule has 1 saturated carbocycles. The molecule has 1 aliphatic carbocycles. The van der Waals surface area contributed by atoms with Crippen molar-refractivity contribution < 1.29 is 24.2 Å². The van der Waals surface area contributed by atoms with Crippen LogP contribution >= 0.6 is 0 Å². The minimum atomic E-state index is -0.979. The molecular weight excluding hydrogens is 276 g/mol. The van der Waals surface area contributed by atoms with Crippen LogP contribution in [0.2, 0.25) is 0 Å². The summed E-state index contributed by atoms with van der Waals surface area (Å²) in [5, 5.41) is 11.8. The molecule has 2 atom stereocenters. The summed E-state index contributed by atoms with van der Waals surface area (Å²) >= 11 is 0. The molecule has 2 aliphatic rings. The highest BCUT2D eigenvalue weighted by atomic mass is 16.5. The number of rotatable bonds is 4. The standard InChI is InChI=1S/C14H22N2O5/c1-8(2)10(15-13(20)21-3)11(17)16-7-14(4-5-14)6-9(16)12(18)19/h8-10H,4-7H2,1-3H3,(H,15,20)(H,18,19)/t9-,10-/m0/s1. The van der Waals surface area contributed by atoms with E-state index in [4.69, 9.17) is 0 Å². The average molecular weight is 298 g/mol. The number of methoxy groups -OCH3 is 1. The van der Waals surface area contributed by atoms with Crippen LogP contribution in [0.1, 0.15) is 33.1 Å². The maximum absolute atomic E-state index is 12.7. The zero-order valence-corrected chi connectivity index (χ0v) is 12.6. The molecule has 0 bridgehead atoms. The molecule has 0 aromatic heterocycles. The van der Waals surface area contributed by atoms with Crippen LogP contribution in [0, 0.1) is 11.3 Å². The lowest BCUT2D eigenvalue weighted by atomic mass is 10.0. The van der Waals surface area contributed by atoms with Gasteiger partial charge in [-0.25, -0.2) is 9.59 Å². The van der Waals surface area contributed by atoms with E-state index < -0.39 is 24.1 Å². The minimum Gasteiger partial charge on any atom is -0.480 e. The summed E-state index contributed by atoms with van der Waals surface area (Å²) in [6.07, 6.45) is 1.76. The highest BCUT2D eigenvalue weighted by molar-refractivity contribution is 5.90. The average Bonchev–Trinajstić information content (AvgIpc) is 3.05. The molecule has 0 unspecified atom stereocenters. The van der Waals surface area contributed by atoms with Crippen LogP contribution in [0.4, 0.5) is 4.79 Å². The quantitative estimate of drug-likeness (QED) is 0.801. The molecule has 7 heteroatoms. The molecule has 118 valence electrons. The second-order valence-electron chi connectivity index (χ2n) is 6.38. The van der Waals surface area contributed by atoms with Gasteiger partial charge in [-0.05, 0) is 30.6 Å². The number of carbonyl (C=O) groups excluding carboxylic acids is 2. The number of aliphatic carboxylic acids is 1. The number of carboxylic acids is 1. The van der Waals surface area contributed by atoms with Crippen LogP contribution in [-0.2, 0) is 14.3 Å². The zero-order valence-electron chi connectivity index (χ0n) is 12.6. The van der Waals surface area contributed by atoms with Gasteiger partial charge in [-0.15, -0.1) is 0 Å². The van der Waals surface area contributed by atoms with Crippen molar-refractivity contribution in [2.24, 2.45) is 11.3 Å². The summed E-state index contributed by atoms with van der Waals surface area (Å²) in [5.41, 5.74) is -0.00842. The first-order valence-corrected chi connectivity index (χ1v) is 7.17. The number of alkyl carbamates (subject to hydrolysis) is 1. The molecule has 2 amide bonds. The molecule has 7 nitrogen and oxygen atoms in total. The van der Waals surface area contributed by atoms with Gasteiger partial charge in [-0.3, -0.25) is 4.79 Å². The monoisotopic (exact) mass is 298 g/mol. The molecule has 2 fully saturated rings. The van der Waals surface area contributed by atoms with E-state index in [1.807, 2.05) is 0 Å². The molecular formula is C14H22N2O5. The van der Waals surface area contributed by atoms with Gasteiger partial charge in [-0.2, -0.15) is 0 Å². The number of likely N-dealkylation sites (tertiary alicyclic amines) is 1. The molecule has 1 saturated heterocycles. The minimum absolute atomic E-state index is 0.00842. The molecule has 1 spiro atoms. The van der Waals surface area contributed by atoms with Gasteiger partial charge < -0.3 is 20.1 Å². The van der Waals surface area contributed by atoms with E-state index >= 15 is 0 Å². The third-order valence-electron chi connectivity index (χ3n) is 4.43. The molecule has 0 aromatic rings. The number of hydrogen-bond acceptors (Lipinski definition) is 4. The maximum Gasteiger partial charge on any atom is 0.407 e. The normalized spacial score (nSPS) is 24.0. The number of nitrogens with zero attached hydrogens (tertiary/aromatic N) is 1. The third kappa shape index (κ3) is 3.11. The Bertz CT molecular complexity index is 458. The molecule has 1 aliphatic heterocycles. The Morgan fingerprint density at radius 1 is 1.33 bits per heavy atom. The van der Waals surface area contributed by atoms with Crippen molar-refractivity contribution in [1.29, 1.82) is 0 Å². The fraction of sp³-hybridized carbons (Fsp3) is 0.786. The van der Waals surface area contributed by atoms with Crippen molar-refractivity contribution in [3.63, 3.8) is 0 Å². The van der Waals surface area contributed by atoms with Crippen LogP contribution in [0.3, 0.4) is 0 Å². The van der Waals surface area contributed by atoms with E-state index in [2.05, 4.69) is 10.1 Å². The van der Waals surface area contributed by atoms with Gasteiger partial charge in [0.15, 0.2) is 0 Å². The largest absolute Gasteiger partial charge is 0.480 e. The Balaban J connectivity index is 2.15. The van der Waals surface area contributed by atoms with E-state index in [0.717, 1.165) is 12.8 Å². The maximum atomic E-state index is 12.7. The lowest BCUT2D eigenvalue weighted by Crippen LogP contribution is -2.53. The van der Waals surface area contributed by atoms with Crippen LogP contribution in [0.15, 0.2) is 0 Å². The van der Waals surface area contributed by atoms with Crippen molar-refractivity contribution in [3.05, 3.63) is 0 Å². The predicted molar refractivity (Wildman–Crippen MR) is 73.6 cm³/mol. The lowest BCUT2D eigenvalue weighted by Gasteiger charge is -2.29. The van der Waals surface area contributed by atoms with Crippen molar-refractivity contribution in [2.75, 3.05) is 13.7 Å². The smallest absolute Gasteiger partial charge is 0.407 e.